The van der Waals surface area contributed by atoms with Crippen LogP contribution < -0.4 is 5.32 Å². The molecule has 1 rings (SSSR count). The van der Waals surface area contributed by atoms with E-state index in [9.17, 15) is 30.3 Å². The van der Waals surface area contributed by atoms with Gasteiger partial charge in [-0.2, -0.15) is 0 Å². The zero-order valence-electron chi connectivity index (χ0n) is 54.6. The summed E-state index contributed by atoms with van der Waals surface area (Å²) in [4.78, 5) is 13.1. The van der Waals surface area contributed by atoms with Crippen molar-refractivity contribution in [2.24, 2.45) is 0 Å². The molecule has 85 heavy (non-hydrogen) atoms. The molecule has 0 bridgehead atoms. The quantitative estimate of drug-likeness (QED) is 0.0261. The molecule has 0 aliphatic carbocycles. The molecule has 0 aromatic carbocycles. The van der Waals surface area contributed by atoms with E-state index in [1.54, 1.807) is 6.08 Å². The summed E-state index contributed by atoms with van der Waals surface area (Å²) < 4.78 is 11.3. The molecule has 0 saturated carbocycles. The van der Waals surface area contributed by atoms with Gasteiger partial charge in [-0.05, 0) is 103 Å². The van der Waals surface area contributed by atoms with Gasteiger partial charge in [0.15, 0.2) is 6.29 Å². The Bertz CT molecular complexity index is 1760. The van der Waals surface area contributed by atoms with Crippen LogP contribution in [0.4, 0.5) is 0 Å². The fourth-order valence-electron chi connectivity index (χ4n) is 10.5. The van der Waals surface area contributed by atoms with E-state index in [4.69, 9.17) is 9.47 Å². The van der Waals surface area contributed by atoms with Crippen LogP contribution in [0.5, 0.6) is 0 Å². The minimum Gasteiger partial charge on any atom is -0.394 e. The zero-order chi connectivity index (χ0) is 61.4. The van der Waals surface area contributed by atoms with Gasteiger partial charge in [0, 0.05) is 6.42 Å². The summed E-state index contributed by atoms with van der Waals surface area (Å²) in [7, 11) is 0. The standard InChI is InChI=1S/C76H131NO8/c1-3-5-7-9-11-13-15-17-19-21-23-25-27-29-31-33-35-37-39-41-43-45-47-49-51-53-55-57-59-61-63-65-70(79)69(68-84-76-75(83)74(82)73(81)71(67-78)85-76)77-72(80)66-64-62-60-58-56-54-52-50-48-46-44-42-40-38-36-34-32-30-28-26-24-22-20-18-16-14-12-10-8-6-4-2/h6,8,12,14,18,20,24,26,30,32,36,38,42,44,47,49,55,57,63,65,69-71,73-76,78-79,81-83H,3-5,7,9-11,13,15-17,19,21-23,25,27-29,31,33-35,37,39-41,43,45-46,48,50-54,56,58-62,64,66-68H2,1-2H3,(H,77,80)/b8-6-,14-12-,20-18-,26-24-,32-30-,38-36-,44-42-,49-47+,57-55+,65-63+. The molecule has 1 heterocycles. The maximum absolute atomic E-state index is 13.1. The lowest BCUT2D eigenvalue weighted by atomic mass is 9.99. The number of carbonyl (C=O) groups is 1. The predicted molar refractivity (Wildman–Crippen MR) is 364 cm³/mol. The molecule has 1 fully saturated rings. The second kappa shape index (κ2) is 63.6. The molecule has 1 saturated heterocycles. The number of hydrogen-bond acceptors (Lipinski definition) is 8. The van der Waals surface area contributed by atoms with Crippen molar-refractivity contribution >= 4 is 5.91 Å². The van der Waals surface area contributed by atoms with Crippen LogP contribution in [-0.2, 0) is 14.3 Å². The lowest BCUT2D eigenvalue weighted by Gasteiger charge is -2.40. The molecule has 1 aliphatic heterocycles. The molecule has 488 valence electrons. The van der Waals surface area contributed by atoms with Crippen molar-refractivity contribution in [1.29, 1.82) is 0 Å². The highest BCUT2D eigenvalue weighted by Gasteiger charge is 2.44. The molecule has 0 spiro atoms. The lowest BCUT2D eigenvalue weighted by molar-refractivity contribution is -0.302. The molecule has 1 aliphatic rings. The van der Waals surface area contributed by atoms with Gasteiger partial charge in [0.25, 0.3) is 0 Å². The van der Waals surface area contributed by atoms with Crippen LogP contribution >= 0.6 is 0 Å². The Hall–Kier alpha value is -3.41. The third kappa shape index (κ3) is 52.3. The zero-order valence-corrected chi connectivity index (χ0v) is 54.6. The van der Waals surface area contributed by atoms with E-state index in [-0.39, 0.29) is 12.5 Å². The first kappa shape index (κ1) is 79.6. The minimum absolute atomic E-state index is 0.200. The Labute approximate surface area is 522 Å². The van der Waals surface area contributed by atoms with Gasteiger partial charge in [0.1, 0.15) is 24.4 Å². The summed E-state index contributed by atoms with van der Waals surface area (Å²) >= 11 is 0. The van der Waals surface area contributed by atoms with Gasteiger partial charge in [-0.15, -0.1) is 0 Å². The Morgan fingerprint density at radius 2 is 0.741 bits per heavy atom. The van der Waals surface area contributed by atoms with E-state index in [1.165, 1.54) is 173 Å². The maximum atomic E-state index is 13.1. The molecular weight excluding hydrogens is 1050 g/mol. The average molecular weight is 1190 g/mol. The highest BCUT2D eigenvalue weighted by molar-refractivity contribution is 5.76. The molecule has 6 N–H and O–H groups in total. The largest absolute Gasteiger partial charge is 0.394 e. The first-order valence-electron chi connectivity index (χ1n) is 35.3. The molecule has 7 unspecified atom stereocenters. The van der Waals surface area contributed by atoms with Crippen molar-refractivity contribution in [2.45, 2.75) is 339 Å². The summed E-state index contributed by atoms with van der Waals surface area (Å²) in [5.41, 5.74) is 0. The number of aliphatic hydroxyl groups is 5. The molecule has 9 nitrogen and oxygen atoms in total. The monoisotopic (exact) mass is 1190 g/mol. The van der Waals surface area contributed by atoms with Crippen molar-refractivity contribution in [1.82, 2.24) is 5.32 Å². The molecule has 0 aromatic rings. The van der Waals surface area contributed by atoms with Gasteiger partial charge in [0.2, 0.25) is 5.91 Å². The predicted octanol–water partition coefficient (Wildman–Crippen LogP) is 19.4. The summed E-state index contributed by atoms with van der Waals surface area (Å²) in [5.74, 6) is -0.200. The van der Waals surface area contributed by atoms with Crippen LogP contribution in [0.1, 0.15) is 296 Å². The van der Waals surface area contributed by atoms with Crippen molar-refractivity contribution in [3.8, 4) is 0 Å². The highest BCUT2D eigenvalue weighted by atomic mass is 16.7. The van der Waals surface area contributed by atoms with Gasteiger partial charge in [0.05, 0.1) is 25.4 Å². The third-order valence-electron chi connectivity index (χ3n) is 16.0. The van der Waals surface area contributed by atoms with Gasteiger partial charge >= 0.3 is 0 Å². The number of carbonyl (C=O) groups excluding carboxylic acids is 1. The maximum Gasteiger partial charge on any atom is 0.220 e. The van der Waals surface area contributed by atoms with E-state index < -0.39 is 49.5 Å². The van der Waals surface area contributed by atoms with E-state index in [0.29, 0.717) is 6.42 Å². The second-order valence-corrected chi connectivity index (χ2v) is 23.9. The summed E-state index contributed by atoms with van der Waals surface area (Å²) in [5, 5.41) is 54.7. The number of amides is 1. The highest BCUT2D eigenvalue weighted by Crippen LogP contribution is 2.23. The van der Waals surface area contributed by atoms with E-state index in [1.807, 2.05) is 6.08 Å². The lowest BCUT2D eigenvalue weighted by Crippen LogP contribution is -2.60. The number of aliphatic hydroxyl groups excluding tert-OH is 5. The topological polar surface area (TPSA) is 149 Å². The van der Waals surface area contributed by atoms with E-state index >= 15 is 0 Å². The number of nitrogens with one attached hydrogen (secondary N) is 1. The van der Waals surface area contributed by atoms with Gasteiger partial charge in [-0.25, -0.2) is 0 Å². The number of ether oxygens (including phenoxy) is 2. The molecule has 1 amide bonds. The smallest absolute Gasteiger partial charge is 0.220 e. The van der Waals surface area contributed by atoms with Crippen molar-refractivity contribution in [3.05, 3.63) is 122 Å². The first-order chi connectivity index (χ1) is 41.8. The van der Waals surface area contributed by atoms with Crippen LogP contribution in [0.15, 0.2) is 122 Å². The first-order valence-corrected chi connectivity index (χ1v) is 35.3. The minimum atomic E-state index is -1.58. The normalized spacial score (nSPS) is 18.9. The average Bonchev–Trinajstić information content (AvgIpc) is 3.54. The SMILES string of the molecule is CC/C=C\C/C=C\C/C=C\C/C=C\C/C=C\C/C=C\C/C=C\CCCCCCCCCCCC(=O)NC(COC1OC(CO)C(O)C(O)C1O)C(O)/C=C/CC/C=C/CC/C=C/CCCCCCCCCCCCCCCCCCCCCCC. The van der Waals surface area contributed by atoms with Gasteiger partial charge < -0.3 is 40.3 Å². The number of rotatable bonds is 60. The van der Waals surface area contributed by atoms with Crippen molar-refractivity contribution in [2.75, 3.05) is 13.2 Å². The molecule has 7 atom stereocenters. The fourth-order valence-corrected chi connectivity index (χ4v) is 10.5. The van der Waals surface area contributed by atoms with Crippen LogP contribution in [0.3, 0.4) is 0 Å². The number of allylic oxidation sites excluding steroid dienone is 19. The van der Waals surface area contributed by atoms with Crippen molar-refractivity contribution in [3.63, 3.8) is 0 Å². The van der Waals surface area contributed by atoms with Gasteiger partial charge in [-0.3, -0.25) is 4.79 Å². The molecule has 0 aromatic heterocycles. The number of unbranched alkanes of at least 4 members (excludes halogenated alkanes) is 32. The van der Waals surface area contributed by atoms with Crippen molar-refractivity contribution < 1.29 is 39.8 Å². The van der Waals surface area contributed by atoms with E-state index in [0.717, 1.165) is 103 Å². The van der Waals surface area contributed by atoms with Crippen LogP contribution in [0, 0.1) is 0 Å². The number of hydrogen-bond donors (Lipinski definition) is 6. The second-order valence-electron chi connectivity index (χ2n) is 23.9. The van der Waals surface area contributed by atoms with Crippen LogP contribution in [0.2, 0.25) is 0 Å². The summed E-state index contributed by atoms with van der Waals surface area (Å²) in [6.45, 7) is 3.66. The summed E-state index contributed by atoms with van der Waals surface area (Å²) in [6, 6.07) is -0.843. The Balaban J connectivity index is 2.19. The molecule has 0 radical (unpaired) electrons. The van der Waals surface area contributed by atoms with E-state index in [2.05, 4.69) is 129 Å². The summed E-state index contributed by atoms with van der Waals surface area (Å²) in [6.07, 6.45) is 88.7. The Morgan fingerprint density at radius 3 is 1.13 bits per heavy atom. The Kier molecular flexibility index (Phi) is 59.6. The van der Waals surface area contributed by atoms with Crippen LogP contribution in [-0.4, -0.2) is 87.5 Å². The molecular formula is C76H131NO8. The molecule has 9 heteroatoms. The fraction of sp³-hybridized carbons (Fsp3) is 0.724. The Morgan fingerprint density at radius 1 is 0.412 bits per heavy atom. The van der Waals surface area contributed by atoms with Crippen LogP contribution in [0.25, 0.3) is 0 Å². The third-order valence-corrected chi connectivity index (χ3v) is 16.0. The van der Waals surface area contributed by atoms with Gasteiger partial charge in [-0.1, -0.05) is 309 Å².